The van der Waals surface area contributed by atoms with Gasteiger partial charge in [0, 0.05) is 29.1 Å². The van der Waals surface area contributed by atoms with Crippen molar-refractivity contribution in [2.75, 3.05) is 11.1 Å². The molecule has 0 saturated heterocycles. The Hall–Kier alpha value is -3.03. The van der Waals surface area contributed by atoms with E-state index in [4.69, 9.17) is 5.73 Å². The van der Waals surface area contributed by atoms with Crippen molar-refractivity contribution >= 4 is 11.8 Å². The van der Waals surface area contributed by atoms with Crippen LogP contribution in [0.5, 0.6) is 0 Å². The number of nitrogens with zero attached hydrogens (tertiary/aromatic N) is 4. The van der Waals surface area contributed by atoms with Gasteiger partial charge >= 0.3 is 0 Å². The first kappa shape index (κ1) is 16.4. The van der Waals surface area contributed by atoms with Crippen molar-refractivity contribution in [3.05, 3.63) is 59.0 Å². The van der Waals surface area contributed by atoms with Gasteiger partial charge in [-0.05, 0) is 38.3 Å². The maximum Gasteiger partial charge on any atom is 0.222 e. The Morgan fingerprint density at radius 3 is 2.85 bits per heavy atom. The summed E-state index contributed by atoms with van der Waals surface area (Å²) in [7, 11) is 0. The van der Waals surface area contributed by atoms with Crippen molar-refractivity contribution in [3.63, 3.8) is 0 Å². The minimum Gasteiger partial charge on any atom is -0.368 e. The highest BCUT2D eigenvalue weighted by Crippen LogP contribution is 2.33. The van der Waals surface area contributed by atoms with E-state index in [2.05, 4.69) is 20.4 Å². The second-order valence-corrected chi connectivity index (χ2v) is 6.40. The van der Waals surface area contributed by atoms with Gasteiger partial charge in [0.25, 0.3) is 0 Å². The van der Waals surface area contributed by atoms with Gasteiger partial charge in [-0.25, -0.2) is 18.4 Å². The van der Waals surface area contributed by atoms with Crippen LogP contribution in [0, 0.1) is 18.6 Å². The second-order valence-electron chi connectivity index (χ2n) is 6.40. The Morgan fingerprint density at radius 1 is 1.23 bits per heavy atom. The van der Waals surface area contributed by atoms with Crippen LogP contribution in [0.15, 0.2) is 30.5 Å². The van der Waals surface area contributed by atoms with Crippen molar-refractivity contribution in [3.8, 4) is 5.69 Å². The lowest BCUT2D eigenvalue weighted by atomic mass is 9.93. The van der Waals surface area contributed by atoms with Crippen molar-refractivity contribution in [1.29, 1.82) is 0 Å². The quantitative estimate of drug-likeness (QED) is 0.752. The molecule has 4 rings (SSSR count). The molecule has 0 bridgehead atoms. The molecule has 1 aliphatic carbocycles. The van der Waals surface area contributed by atoms with E-state index >= 15 is 0 Å². The van der Waals surface area contributed by atoms with E-state index in [0.717, 1.165) is 42.3 Å². The lowest BCUT2D eigenvalue weighted by molar-refractivity contribution is 0.558. The Labute approximate surface area is 149 Å². The predicted molar refractivity (Wildman–Crippen MR) is 94.0 cm³/mol. The number of anilines is 2. The molecule has 0 aliphatic heterocycles. The van der Waals surface area contributed by atoms with Gasteiger partial charge in [0.15, 0.2) is 5.82 Å². The summed E-state index contributed by atoms with van der Waals surface area (Å²) in [5.74, 6) is -0.380. The third-order valence-electron chi connectivity index (χ3n) is 4.51. The molecule has 0 fully saturated rings. The van der Waals surface area contributed by atoms with Gasteiger partial charge in [0.05, 0.1) is 12.2 Å². The van der Waals surface area contributed by atoms with E-state index in [0.29, 0.717) is 5.82 Å². The van der Waals surface area contributed by atoms with E-state index < -0.39 is 11.6 Å². The molecule has 3 aromatic rings. The van der Waals surface area contributed by atoms with Crippen LogP contribution in [0.4, 0.5) is 20.5 Å². The zero-order valence-corrected chi connectivity index (χ0v) is 14.2. The zero-order chi connectivity index (χ0) is 18.3. The molecule has 2 aromatic heterocycles. The minimum absolute atomic E-state index is 0.00953. The Bertz CT molecular complexity index is 948. The van der Waals surface area contributed by atoms with Crippen LogP contribution in [0.2, 0.25) is 0 Å². The molecule has 8 heteroatoms. The molecular weight excluding hydrogens is 338 g/mol. The SMILES string of the molecule is Cc1cc(NC2CCCc3c2cnn3-c2ccc(F)cc2F)nc(N)n1. The van der Waals surface area contributed by atoms with Crippen LogP contribution in [-0.2, 0) is 6.42 Å². The van der Waals surface area contributed by atoms with E-state index in [1.54, 1.807) is 10.9 Å². The summed E-state index contributed by atoms with van der Waals surface area (Å²) in [5, 5.41) is 7.71. The number of hydrogen-bond donors (Lipinski definition) is 2. The van der Waals surface area contributed by atoms with Crippen molar-refractivity contribution < 1.29 is 8.78 Å². The summed E-state index contributed by atoms with van der Waals surface area (Å²) in [4.78, 5) is 8.29. The van der Waals surface area contributed by atoms with E-state index in [1.807, 2.05) is 13.0 Å². The molecule has 1 atom stereocenters. The first-order valence-electron chi connectivity index (χ1n) is 8.41. The summed E-state index contributed by atoms with van der Waals surface area (Å²) < 4.78 is 28.9. The fourth-order valence-electron chi connectivity index (χ4n) is 3.41. The summed E-state index contributed by atoms with van der Waals surface area (Å²) in [6.07, 6.45) is 4.31. The van der Waals surface area contributed by atoms with Crippen LogP contribution < -0.4 is 11.1 Å². The first-order valence-corrected chi connectivity index (χ1v) is 8.41. The monoisotopic (exact) mass is 356 g/mol. The summed E-state index contributed by atoms with van der Waals surface area (Å²) in [6.45, 7) is 1.85. The molecule has 3 N–H and O–H groups in total. The molecule has 0 radical (unpaired) electrons. The highest BCUT2D eigenvalue weighted by Gasteiger charge is 2.26. The number of rotatable bonds is 3. The highest BCUT2D eigenvalue weighted by atomic mass is 19.1. The predicted octanol–water partition coefficient (Wildman–Crippen LogP) is 3.32. The fraction of sp³-hybridized carbons (Fsp3) is 0.278. The molecule has 26 heavy (non-hydrogen) atoms. The molecule has 134 valence electrons. The van der Waals surface area contributed by atoms with Gasteiger partial charge in [0.1, 0.15) is 17.3 Å². The standard InChI is InChI=1S/C18H18F2N6/c1-10-7-17(25-18(21)23-10)24-14-3-2-4-15-12(14)9-22-26(15)16-6-5-11(19)8-13(16)20/h5-9,14H,2-4H2,1H3,(H3,21,23,24,25). The molecule has 1 aliphatic rings. The number of aryl methyl sites for hydroxylation is 1. The van der Waals surface area contributed by atoms with Crippen molar-refractivity contribution in [2.45, 2.75) is 32.2 Å². The fourth-order valence-corrected chi connectivity index (χ4v) is 3.41. The minimum atomic E-state index is -0.634. The third kappa shape index (κ3) is 2.98. The summed E-state index contributed by atoms with van der Waals surface area (Å²) >= 11 is 0. The van der Waals surface area contributed by atoms with Crippen LogP contribution >= 0.6 is 0 Å². The van der Waals surface area contributed by atoms with Gasteiger partial charge in [0.2, 0.25) is 5.95 Å². The van der Waals surface area contributed by atoms with Crippen molar-refractivity contribution in [2.24, 2.45) is 0 Å². The Morgan fingerprint density at radius 2 is 2.08 bits per heavy atom. The summed E-state index contributed by atoms with van der Waals surface area (Å²) in [6, 6.07) is 5.33. The second kappa shape index (κ2) is 6.36. The van der Waals surface area contributed by atoms with Crippen molar-refractivity contribution in [1.82, 2.24) is 19.7 Å². The van der Waals surface area contributed by atoms with E-state index in [1.165, 1.54) is 12.1 Å². The van der Waals surface area contributed by atoms with E-state index in [-0.39, 0.29) is 17.7 Å². The molecule has 0 saturated carbocycles. The number of hydrogen-bond acceptors (Lipinski definition) is 5. The molecular formula is C18H18F2N6. The maximum atomic E-state index is 14.2. The Kier molecular flexibility index (Phi) is 4.02. The number of benzene rings is 1. The number of fused-ring (bicyclic) bond motifs is 1. The van der Waals surface area contributed by atoms with E-state index in [9.17, 15) is 8.78 Å². The van der Waals surface area contributed by atoms with Gasteiger partial charge in [-0.1, -0.05) is 0 Å². The smallest absolute Gasteiger partial charge is 0.222 e. The number of halogens is 2. The molecule has 1 aromatic carbocycles. The topological polar surface area (TPSA) is 81.7 Å². The van der Waals surface area contributed by atoms with Crippen LogP contribution in [0.1, 0.15) is 35.8 Å². The average Bonchev–Trinajstić information content (AvgIpc) is 2.99. The van der Waals surface area contributed by atoms with Gasteiger partial charge < -0.3 is 11.1 Å². The zero-order valence-electron chi connectivity index (χ0n) is 14.2. The maximum absolute atomic E-state index is 14.2. The molecule has 2 heterocycles. The van der Waals surface area contributed by atoms with Crippen LogP contribution in [-0.4, -0.2) is 19.7 Å². The average molecular weight is 356 g/mol. The number of nitrogens with two attached hydrogens (primary N) is 1. The largest absolute Gasteiger partial charge is 0.368 e. The van der Waals surface area contributed by atoms with Crippen LogP contribution in [0.25, 0.3) is 5.69 Å². The van der Waals surface area contributed by atoms with Gasteiger partial charge in [-0.15, -0.1) is 0 Å². The lowest BCUT2D eigenvalue weighted by Gasteiger charge is -2.25. The number of nitrogens with one attached hydrogen (secondary N) is 1. The van der Waals surface area contributed by atoms with Gasteiger partial charge in [-0.2, -0.15) is 10.1 Å². The van der Waals surface area contributed by atoms with Crippen LogP contribution in [0.3, 0.4) is 0 Å². The number of nitrogen functional groups attached to an aromatic ring is 1. The normalized spacial score (nSPS) is 16.3. The Balaban J connectivity index is 1.68. The summed E-state index contributed by atoms with van der Waals surface area (Å²) in [5.41, 5.74) is 8.64. The number of aromatic nitrogens is 4. The molecule has 1 unspecified atom stereocenters. The highest BCUT2D eigenvalue weighted by molar-refractivity contribution is 5.45. The van der Waals surface area contributed by atoms with Gasteiger partial charge in [-0.3, -0.25) is 0 Å². The molecule has 0 spiro atoms. The third-order valence-corrected chi connectivity index (χ3v) is 4.51. The molecule has 6 nitrogen and oxygen atoms in total. The lowest BCUT2D eigenvalue weighted by Crippen LogP contribution is -2.19. The first-order chi connectivity index (χ1) is 12.5. The molecule has 0 amide bonds.